The highest BCUT2D eigenvalue weighted by atomic mass is 32.1. The molecule has 2 bridgehead atoms. The van der Waals surface area contributed by atoms with E-state index in [2.05, 4.69) is 15.3 Å². The van der Waals surface area contributed by atoms with Gasteiger partial charge in [0.25, 0.3) is 11.8 Å². The molecule has 2 unspecified atom stereocenters. The van der Waals surface area contributed by atoms with E-state index in [9.17, 15) is 23.4 Å². The number of nitrogens with zero attached hydrogens (tertiary/aromatic N) is 3. The maximum absolute atomic E-state index is 13.3. The van der Waals surface area contributed by atoms with Crippen molar-refractivity contribution < 1.29 is 27.8 Å². The summed E-state index contributed by atoms with van der Waals surface area (Å²) in [6, 6.07) is 2.58. The second kappa shape index (κ2) is 6.91. The number of oxazole rings is 1. The van der Waals surface area contributed by atoms with Crippen LogP contribution < -0.4 is 10.2 Å². The fourth-order valence-electron chi connectivity index (χ4n) is 4.19. The third-order valence-electron chi connectivity index (χ3n) is 5.80. The van der Waals surface area contributed by atoms with Gasteiger partial charge in [0.15, 0.2) is 5.58 Å². The van der Waals surface area contributed by atoms with Crippen LogP contribution >= 0.6 is 11.3 Å². The largest absolute Gasteiger partial charge is 0.447 e. The van der Waals surface area contributed by atoms with Gasteiger partial charge in [0.05, 0.1) is 5.56 Å². The summed E-state index contributed by atoms with van der Waals surface area (Å²) in [6.45, 7) is 2.44. The molecule has 0 aliphatic carbocycles. The Hall–Kier alpha value is -2.21. The average Bonchev–Trinajstić information content (AvgIpc) is 3.27. The molecule has 3 aliphatic rings. The van der Waals surface area contributed by atoms with E-state index >= 15 is 0 Å². The fraction of sp³-hybridized carbons (Fsp3) is 0.474. The lowest BCUT2D eigenvalue weighted by molar-refractivity contribution is -0.358. The van der Waals surface area contributed by atoms with Crippen LogP contribution in [-0.2, 0) is 5.79 Å². The van der Waals surface area contributed by atoms with Gasteiger partial charge >= 0.3 is 6.18 Å². The summed E-state index contributed by atoms with van der Waals surface area (Å²) < 4.78 is 45.8. The molecule has 0 radical (unpaired) electrons. The first kappa shape index (κ1) is 19.7. The predicted molar refractivity (Wildman–Crippen MR) is 104 cm³/mol. The molecular weight excluding hydrogens is 421 g/mol. The third kappa shape index (κ3) is 3.16. The standard InChI is InChI=1S/C19H19F3N4O3S/c20-19(21,22)18(27,28)11-5-13(16-24-3-4-30-16)15-14(6-11)25-17(29-15)26-9-10-1-2-12(26)8-23-7-10/h3-6,10,12,23,27-28H,1-2,7-9H2. The maximum atomic E-state index is 13.3. The number of fused-ring (bicyclic) bond motifs is 5. The molecule has 5 heterocycles. The van der Waals surface area contributed by atoms with Crippen LogP contribution in [0.5, 0.6) is 0 Å². The summed E-state index contributed by atoms with van der Waals surface area (Å²) in [7, 11) is 0. The number of aromatic nitrogens is 2. The minimum absolute atomic E-state index is 0.123. The molecule has 3 saturated heterocycles. The predicted octanol–water partition coefficient (Wildman–Crippen LogP) is 2.84. The van der Waals surface area contributed by atoms with Gasteiger partial charge in [-0.3, -0.25) is 0 Å². The Morgan fingerprint density at radius 2 is 2.03 bits per heavy atom. The number of hydrogen-bond donors (Lipinski definition) is 3. The van der Waals surface area contributed by atoms with Gasteiger partial charge in [0.2, 0.25) is 0 Å². The summed E-state index contributed by atoms with van der Waals surface area (Å²) in [5.74, 6) is -3.57. The number of rotatable bonds is 3. The van der Waals surface area contributed by atoms with E-state index in [0.717, 1.165) is 44.6 Å². The zero-order valence-electron chi connectivity index (χ0n) is 15.7. The molecule has 11 heteroatoms. The molecule has 1 aromatic carbocycles. The first-order valence-corrected chi connectivity index (χ1v) is 10.5. The van der Waals surface area contributed by atoms with Crippen molar-refractivity contribution in [2.45, 2.75) is 30.8 Å². The zero-order valence-corrected chi connectivity index (χ0v) is 16.5. The van der Waals surface area contributed by atoms with E-state index in [0.29, 0.717) is 16.9 Å². The first-order valence-electron chi connectivity index (χ1n) is 9.58. The Labute approximate surface area is 173 Å². The molecule has 3 aromatic rings. The van der Waals surface area contributed by atoms with Crippen molar-refractivity contribution in [1.82, 2.24) is 15.3 Å². The van der Waals surface area contributed by atoms with E-state index < -0.39 is 17.5 Å². The molecule has 2 atom stereocenters. The van der Waals surface area contributed by atoms with Crippen LogP contribution in [0.3, 0.4) is 0 Å². The lowest BCUT2D eigenvalue weighted by Crippen LogP contribution is -2.43. The number of aliphatic hydroxyl groups is 2. The first-order chi connectivity index (χ1) is 14.2. The van der Waals surface area contributed by atoms with Crippen LogP contribution in [0.25, 0.3) is 21.7 Å². The van der Waals surface area contributed by atoms with Crippen molar-refractivity contribution in [1.29, 1.82) is 0 Å². The molecule has 3 N–H and O–H groups in total. The van der Waals surface area contributed by atoms with Crippen LogP contribution in [0.1, 0.15) is 18.4 Å². The monoisotopic (exact) mass is 440 g/mol. The van der Waals surface area contributed by atoms with E-state index in [1.54, 1.807) is 5.38 Å². The van der Waals surface area contributed by atoms with Gasteiger partial charge < -0.3 is 24.8 Å². The molecule has 0 amide bonds. The molecule has 30 heavy (non-hydrogen) atoms. The van der Waals surface area contributed by atoms with Crippen molar-refractivity contribution in [3.63, 3.8) is 0 Å². The molecule has 7 nitrogen and oxygen atoms in total. The number of nitrogens with one attached hydrogen (secondary N) is 1. The van der Waals surface area contributed by atoms with Gasteiger partial charge in [0, 0.05) is 36.3 Å². The van der Waals surface area contributed by atoms with Gasteiger partial charge in [-0.15, -0.1) is 11.3 Å². The number of benzene rings is 1. The molecule has 2 aromatic heterocycles. The molecule has 6 rings (SSSR count). The average molecular weight is 440 g/mol. The Balaban J connectivity index is 1.66. The van der Waals surface area contributed by atoms with Gasteiger partial charge in [-0.1, -0.05) is 0 Å². The summed E-state index contributed by atoms with van der Waals surface area (Å²) in [4.78, 5) is 10.7. The van der Waals surface area contributed by atoms with Crippen molar-refractivity contribution >= 4 is 28.5 Å². The zero-order chi connectivity index (χ0) is 21.1. The quantitative estimate of drug-likeness (QED) is 0.539. The number of thiazole rings is 1. The Morgan fingerprint density at radius 1 is 1.20 bits per heavy atom. The van der Waals surface area contributed by atoms with Crippen molar-refractivity contribution in [2.24, 2.45) is 5.92 Å². The molecule has 3 fully saturated rings. The summed E-state index contributed by atoms with van der Waals surface area (Å²) in [5, 5.41) is 25.1. The SMILES string of the molecule is OC(O)(c1cc(-c2nccs2)c2oc(N3CC4CCC3CNC4)nc2c1)C(F)(F)F. The van der Waals surface area contributed by atoms with Crippen LogP contribution in [-0.4, -0.2) is 52.0 Å². The van der Waals surface area contributed by atoms with Crippen LogP contribution in [0, 0.1) is 5.92 Å². The summed E-state index contributed by atoms with van der Waals surface area (Å²) in [5.41, 5.74) is -0.0926. The van der Waals surface area contributed by atoms with Crippen LogP contribution in [0.2, 0.25) is 0 Å². The Morgan fingerprint density at radius 3 is 2.77 bits per heavy atom. The minimum Gasteiger partial charge on any atom is -0.423 e. The molecular formula is C19H19F3N4O3S. The van der Waals surface area contributed by atoms with E-state index in [1.165, 1.54) is 17.5 Å². The van der Waals surface area contributed by atoms with Gasteiger partial charge in [-0.25, -0.2) is 4.98 Å². The van der Waals surface area contributed by atoms with E-state index in [1.807, 2.05) is 4.90 Å². The summed E-state index contributed by atoms with van der Waals surface area (Å²) >= 11 is 1.21. The second-order valence-corrected chi connectivity index (χ2v) is 8.68. The molecule has 0 spiro atoms. The lowest BCUT2D eigenvalue weighted by Gasteiger charge is -2.34. The molecule has 0 saturated carbocycles. The van der Waals surface area contributed by atoms with E-state index in [-0.39, 0.29) is 22.7 Å². The van der Waals surface area contributed by atoms with Gasteiger partial charge in [-0.2, -0.15) is 18.2 Å². The highest BCUT2D eigenvalue weighted by molar-refractivity contribution is 7.13. The van der Waals surface area contributed by atoms with Crippen LogP contribution in [0.15, 0.2) is 28.1 Å². The Kier molecular flexibility index (Phi) is 4.54. The molecule has 160 valence electrons. The molecule has 3 aliphatic heterocycles. The normalized spacial score (nSPS) is 22.6. The fourth-order valence-corrected chi connectivity index (χ4v) is 4.84. The minimum atomic E-state index is -5.27. The number of alkyl halides is 3. The highest BCUT2D eigenvalue weighted by Crippen LogP contribution is 2.42. The second-order valence-electron chi connectivity index (χ2n) is 7.78. The smallest absolute Gasteiger partial charge is 0.423 e. The van der Waals surface area contributed by atoms with Gasteiger partial charge in [-0.05, 0) is 37.4 Å². The van der Waals surface area contributed by atoms with Gasteiger partial charge in [0.1, 0.15) is 10.5 Å². The number of piperidine rings is 1. The Bertz CT molecular complexity index is 1060. The maximum Gasteiger partial charge on any atom is 0.447 e. The van der Waals surface area contributed by atoms with Crippen molar-refractivity contribution in [3.05, 3.63) is 29.3 Å². The number of hydrogen-bond acceptors (Lipinski definition) is 8. The topological polar surface area (TPSA) is 94.7 Å². The lowest BCUT2D eigenvalue weighted by atomic mass is 9.95. The third-order valence-corrected chi connectivity index (χ3v) is 6.61. The van der Waals surface area contributed by atoms with Crippen molar-refractivity contribution in [2.75, 3.05) is 24.5 Å². The highest BCUT2D eigenvalue weighted by Gasteiger charge is 2.54. The number of halogens is 3. The van der Waals surface area contributed by atoms with Crippen molar-refractivity contribution in [3.8, 4) is 10.6 Å². The van der Waals surface area contributed by atoms with E-state index in [4.69, 9.17) is 4.42 Å². The summed E-state index contributed by atoms with van der Waals surface area (Å²) in [6.07, 6.45) is -1.68. The van der Waals surface area contributed by atoms with Crippen LogP contribution in [0.4, 0.5) is 19.2 Å². The number of anilines is 1.